The third kappa shape index (κ3) is 5.06. The number of carboxylic acid groups (broad SMARTS) is 2. The van der Waals surface area contributed by atoms with Crippen molar-refractivity contribution in [3.63, 3.8) is 0 Å². The molecule has 0 fully saturated rings. The summed E-state index contributed by atoms with van der Waals surface area (Å²) in [4.78, 5) is 34.6. The second-order valence-corrected chi connectivity index (χ2v) is 5.70. The van der Waals surface area contributed by atoms with Crippen LogP contribution < -0.4 is 5.32 Å². The van der Waals surface area contributed by atoms with Gasteiger partial charge in [0.05, 0.1) is 10.4 Å². The van der Waals surface area contributed by atoms with Gasteiger partial charge in [-0.25, -0.2) is 4.79 Å². The number of nitrogens with one attached hydrogen (secondary N) is 1. The van der Waals surface area contributed by atoms with Gasteiger partial charge in [-0.05, 0) is 19.1 Å². The number of carboxylic acids is 2. The van der Waals surface area contributed by atoms with Crippen LogP contribution in [0.25, 0.3) is 0 Å². The van der Waals surface area contributed by atoms with E-state index in [9.17, 15) is 14.4 Å². The van der Waals surface area contributed by atoms with Gasteiger partial charge >= 0.3 is 18.0 Å². The number of carbonyl (C=O) groups is 3. The summed E-state index contributed by atoms with van der Waals surface area (Å²) >= 11 is 7.06. The number of rotatable bonds is 6. The third-order valence-corrected chi connectivity index (χ3v) is 3.71. The molecule has 1 unspecified atom stereocenters. The van der Waals surface area contributed by atoms with Crippen molar-refractivity contribution in [3.05, 3.63) is 21.3 Å². The van der Waals surface area contributed by atoms with Gasteiger partial charge in [0.1, 0.15) is 13.1 Å². The molecule has 1 atom stereocenters. The van der Waals surface area contributed by atoms with Gasteiger partial charge in [0, 0.05) is 4.88 Å². The number of hydrogen-bond acceptors (Lipinski definition) is 4. The van der Waals surface area contributed by atoms with Gasteiger partial charge in [-0.2, -0.15) is 0 Å². The minimum Gasteiger partial charge on any atom is -0.480 e. The van der Waals surface area contributed by atoms with Crippen LogP contribution in [0.2, 0.25) is 4.34 Å². The minimum atomic E-state index is -1.28. The molecule has 110 valence electrons. The molecule has 0 aromatic carbocycles. The lowest BCUT2D eigenvalue weighted by Crippen LogP contribution is -2.45. The fourth-order valence-electron chi connectivity index (χ4n) is 1.43. The first-order chi connectivity index (χ1) is 9.29. The largest absolute Gasteiger partial charge is 0.480 e. The van der Waals surface area contributed by atoms with E-state index in [2.05, 4.69) is 5.32 Å². The highest BCUT2D eigenvalue weighted by molar-refractivity contribution is 7.16. The second kappa shape index (κ2) is 7.11. The molecule has 0 saturated heterocycles. The van der Waals surface area contributed by atoms with Crippen molar-refractivity contribution in [3.8, 4) is 0 Å². The van der Waals surface area contributed by atoms with E-state index in [1.54, 1.807) is 19.1 Å². The Kier molecular flexibility index (Phi) is 5.78. The van der Waals surface area contributed by atoms with Crippen molar-refractivity contribution in [2.45, 2.75) is 13.0 Å². The smallest absolute Gasteiger partial charge is 0.323 e. The quantitative estimate of drug-likeness (QED) is 0.738. The summed E-state index contributed by atoms with van der Waals surface area (Å²) in [6.45, 7) is 0.325. The lowest BCUT2D eigenvalue weighted by atomic mass is 10.3. The van der Waals surface area contributed by atoms with E-state index in [-0.39, 0.29) is 0 Å². The molecule has 20 heavy (non-hydrogen) atoms. The van der Waals surface area contributed by atoms with Gasteiger partial charge < -0.3 is 20.4 Å². The number of halogens is 1. The van der Waals surface area contributed by atoms with Crippen molar-refractivity contribution in [2.24, 2.45) is 0 Å². The molecule has 0 saturated carbocycles. The molecule has 1 aromatic rings. The van der Waals surface area contributed by atoms with Crippen LogP contribution in [0, 0.1) is 0 Å². The van der Waals surface area contributed by atoms with Crippen LogP contribution in [0.1, 0.15) is 17.8 Å². The Hall–Kier alpha value is -1.80. The molecule has 7 nitrogen and oxygen atoms in total. The van der Waals surface area contributed by atoms with Gasteiger partial charge in [-0.1, -0.05) is 11.6 Å². The molecule has 2 amide bonds. The number of carbonyl (C=O) groups excluding carboxylic acids is 1. The first kappa shape index (κ1) is 16.3. The average Bonchev–Trinajstić information content (AvgIpc) is 2.73. The number of hydrogen-bond donors (Lipinski definition) is 3. The summed E-state index contributed by atoms with van der Waals surface area (Å²) in [5.41, 5.74) is 0. The Morgan fingerprint density at radius 3 is 2.25 bits per heavy atom. The molecule has 1 heterocycles. The summed E-state index contributed by atoms with van der Waals surface area (Å²) in [6, 6.07) is 2.25. The minimum absolute atomic E-state index is 0.398. The number of aliphatic carboxylic acids is 2. The van der Waals surface area contributed by atoms with E-state index in [4.69, 9.17) is 21.8 Å². The molecular weight excluding hydrogens is 308 g/mol. The molecular formula is C11H13ClN2O5S. The van der Waals surface area contributed by atoms with Crippen molar-refractivity contribution >= 4 is 40.9 Å². The van der Waals surface area contributed by atoms with Gasteiger partial charge in [-0.15, -0.1) is 11.3 Å². The third-order valence-electron chi connectivity index (χ3n) is 2.30. The standard InChI is InChI=1S/C11H13ClN2O5S/c1-6(7-2-3-8(12)20-7)13-11(19)14(4-9(15)16)5-10(17)18/h2-3,6H,4-5H2,1H3,(H,13,19)(H,15,16)(H,17,18). The van der Waals surface area contributed by atoms with Gasteiger partial charge in [0.2, 0.25) is 0 Å². The molecule has 0 aliphatic rings. The van der Waals surface area contributed by atoms with E-state index in [0.717, 1.165) is 4.88 Å². The van der Waals surface area contributed by atoms with E-state index < -0.39 is 37.1 Å². The Balaban J connectivity index is 2.69. The predicted molar refractivity (Wildman–Crippen MR) is 73.1 cm³/mol. The molecule has 1 rings (SSSR count). The van der Waals surface area contributed by atoms with E-state index in [1.165, 1.54) is 11.3 Å². The maximum Gasteiger partial charge on any atom is 0.323 e. The Morgan fingerprint density at radius 1 is 1.30 bits per heavy atom. The highest BCUT2D eigenvalue weighted by Gasteiger charge is 2.21. The predicted octanol–water partition coefficient (Wildman–Crippen LogP) is 1.64. The summed E-state index contributed by atoms with van der Waals surface area (Å²) in [6.07, 6.45) is 0. The second-order valence-electron chi connectivity index (χ2n) is 3.96. The average molecular weight is 321 g/mol. The summed E-state index contributed by atoms with van der Waals surface area (Å²) < 4.78 is 0.564. The Bertz CT molecular complexity index is 503. The van der Waals surface area contributed by atoms with Crippen molar-refractivity contribution in [1.82, 2.24) is 10.2 Å². The van der Waals surface area contributed by atoms with Crippen LogP contribution in [0.3, 0.4) is 0 Å². The highest BCUT2D eigenvalue weighted by atomic mass is 35.5. The van der Waals surface area contributed by atoms with Crippen LogP contribution >= 0.6 is 22.9 Å². The molecule has 0 radical (unpaired) electrons. The molecule has 1 aromatic heterocycles. The number of thiophene rings is 1. The Morgan fingerprint density at radius 2 is 1.85 bits per heavy atom. The van der Waals surface area contributed by atoms with Crippen molar-refractivity contribution in [1.29, 1.82) is 0 Å². The van der Waals surface area contributed by atoms with Gasteiger partial charge in [-0.3, -0.25) is 9.59 Å². The summed E-state index contributed by atoms with van der Waals surface area (Å²) in [5.74, 6) is -2.57. The Labute approximate surface area is 123 Å². The fraction of sp³-hybridized carbons (Fsp3) is 0.364. The van der Waals surface area contributed by atoms with Gasteiger partial charge in [0.15, 0.2) is 0 Å². The number of urea groups is 1. The van der Waals surface area contributed by atoms with Gasteiger partial charge in [0.25, 0.3) is 0 Å². The summed E-state index contributed by atoms with van der Waals surface area (Å²) in [5, 5.41) is 19.9. The zero-order valence-electron chi connectivity index (χ0n) is 10.5. The zero-order valence-corrected chi connectivity index (χ0v) is 12.1. The molecule has 0 spiro atoms. The van der Waals surface area contributed by atoms with E-state index in [0.29, 0.717) is 9.24 Å². The lowest BCUT2D eigenvalue weighted by Gasteiger charge is -2.21. The fourth-order valence-corrected chi connectivity index (χ4v) is 2.50. The highest BCUT2D eigenvalue weighted by Crippen LogP contribution is 2.26. The molecule has 3 N–H and O–H groups in total. The maximum absolute atomic E-state index is 11.9. The topological polar surface area (TPSA) is 107 Å². The molecule has 0 bridgehead atoms. The van der Waals surface area contributed by atoms with Crippen molar-refractivity contribution < 1.29 is 24.6 Å². The SMILES string of the molecule is CC(NC(=O)N(CC(=O)O)CC(=O)O)c1ccc(Cl)s1. The number of amides is 2. The molecule has 0 aliphatic heterocycles. The maximum atomic E-state index is 11.9. The first-order valence-corrected chi connectivity index (χ1v) is 6.73. The van der Waals surface area contributed by atoms with Crippen LogP contribution in [0.5, 0.6) is 0 Å². The van der Waals surface area contributed by atoms with E-state index in [1.807, 2.05) is 0 Å². The number of nitrogens with zero attached hydrogens (tertiary/aromatic N) is 1. The van der Waals surface area contributed by atoms with Crippen LogP contribution in [-0.4, -0.2) is 46.2 Å². The monoisotopic (exact) mass is 320 g/mol. The first-order valence-electron chi connectivity index (χ1n) is 5.54. The van der Waals surface area contributed by atoms with E-state index >= 15 is 0 Å². The molecule has 0 aliphatic carbocycles. The van der Waals surface area contributed by atoms with Crippen LogP contribution in [-0.2, 0) is 9.59 Å². The van der Waals surface area contributed by atoms with Crippen LogP contribution in [0.4, 0.5) is 4.79 Å². The lowest BCUT2D eigenvalue weighted by molar-refractivity contribution is -0.140. The molecule has 9 heteroatoms. The summed E-state index contributed by atoms with van der Waals surface area (Å²) in [7, 11) is 0. The zero-order chi connectivity index (χ0) is 15.3. The van der Waals surface area contributed by atoms with Crippen LogP contribution in [0.15, 0.2) is 12.1 Å². The normalized spacial score (nSPS) is 11.7. The van der Waals surface area contributed by atoms with Crippen molar-refractivity contribution in [2.75, 3.05) is 13.1 Å².